The van der Waals surface area contributed by atoms with Crippen molar-refractivity contribution in [2.45, 2.75) is 32.5 Å². The molecule has 0 spiro atoms. The summed E-state index contributed by atoms with van der Waals surface area (Å²) in [7, 11) is 1.56. The van der Waals surface area contributed by atoms with Crippen molar-refractivity contribution in [2.24, 2.45) is 0 Å². The molecule has 5 heterocycles. The first kappa shape index (κ1) is 27.6. The van der Waals surface area contributed by atoms with E-state index in [1.165, 1.54) is 17.5 Å². The topological polar surface area (TPSA) is 143 Å². The van der Waals surface area contributed by atoms with E-state index in [1.807, 2.05) is 37.1 Å². The number of amides is 2. The number of thiazole rings is 1. The van der Waals surface area contributed by atoms with Crippen LogP contribution < -0.4 is 15.4 Å². The Morgan fingerprint density at radius 2 is 2.10 bits per heavy atom. The SMILES string of the molecule is COc1ncccc1-c1cn2ncc(C(=O)Nc3cc(NC(=O)CN4CC(CO)OC(C)(C)C4)cnc3C)c2s1. The summed E-state index contributed by atoms with van der Waals surface area (Å²) in [6.45, 7) is 6.68. The van der Waals surface area contributed by atoms with Crippen molar-refractivity contribution in [2.75, 3.05) is 44.0 Å². The van der Waals surface area contributed by atoms with Crippen molar-refractivity contribution >= 4 is 39.4 Å². The largest absolute Gasteiger partial charge is 0.481 e. The van der Waals surface area contributed by atoms with E-state index in [0.717, 1.165) is 10.4 Å². The van der Waals surface area contributed by atoms with Gasteiger partial charge in [-0.3, -0.25) is 19.5 Å². The highest BCUT2D eigenvalue weighted by atomic mass is 32.1. The number of hydrogen-bond donors (Lipinski definition) is 3. The monoisotopic (exact) mass is 565 g/mol. The van der Waals surface area contributed by atoms with Gasteiger partial charge in [-0.25, -0.2) is 9.50 Å². The Morgan fingerprint density at radius 3 is 2.88 bits per heavy atom. The minimum Gasteiger partial charge on any atom is -0.481 e. The number of aryl methyl sites for hydroxylation is 1. The zero-order chi connectivity index (χ0) is 28.4. The second-order valence-electron chi connectivity index (χ2n) is 10.2. The van der Waals surface area contributed by atoms with E-state index in [4.69, 9.17) is 9.47 Å². The normalized spacial score (nSPS) is 17.1. The number of hydrogen-bond acceptors (Lipinski definition) is 10. The van der Waals surface area contributed by atoms with Gasteiger partial charge in [-0.2, -0.15) is 5.10 Å². The van der Waals surface area contributed by atoms with Gasteiger partial charge in [0, 0.05) is 25.5 Å². The minimum absolute atomic E-state index is 0.110. The van der Waals surface area contributed by atoms with Crippen LogP contribution in [0.1, 0.15) is 29.9 Å². The smallest absolute Gasteiger partial charge is 0.260 e. The number of rotatable bonds is 8. The summed E-state index contributed by atoms with van der Waals surface area (Å²) in [5.74, 6) is -0.0859. The van der Waals surface area contributed by atoms with Gasteiger partial charge < -0.3 is 25.2 Å². The van der Waals surface area contributed by atoms with Crippen LogP contribution >= 0.6 is 11.3 Å². The summed E-state index contributed by atoms with van der Waals surface area (Å²) in [6, 6.07) is 5.40. The van der Waals surface area contributed by atoms with E-state index >= 15 is 0 Å². The predicted molar refractivity (Wildman–Crippen MR) is 151 cm³/mol. The van der Waals surface area contributed by atoms with Crippen molar-refractivity contribution in [1.29, 1.82) is 0 Å². The molecule has 2 amide bonds. The highest BCUT2D eigenvalue weighted by molar-refractivity contribution is 7.21. The molecule has 1 saturated heterocycles. The van der Waals surface area contributed by atoms with Crippen LogP contribution in [-0.4, -0.2) is 86.5 Å². The number of fused-ring (bicyclic) bond motifs is 1. The summed E-state index contributed by atoms with van der Waals surface area (Å²) in [5.41, 5.74) is 2.27. The lowest BCUT2D eigenvalue weighted by Crippen LogP contribution is -2.55. The van der Waals surface area contributed by atoms with Crippen molar-refractivity contribution in [3.63, 3.8) is 0 Å². The maximum absolute atomic E-state index is 13.3. The van der Waals surface area contributed by atoms with Crippen LogP contribution in [0.3, 0.4) is 0 Å². The molecule has 40 heavy (non-hydrogen) atoms. The number of nitrogens with zero attached hydrogens (tertiary/aromatic N) is 5. The van der Waals surface area contributed by atoms with Gasteiger partial charge in [0.2, 0.25) is 11.8 Å². The van der Waals surface area contributed by atoms with Crippen LogP contribution in [0.5, 0.6) is 5.88 Å². The Bertz CT molecular complexity index is 1550. The van der Waals surface area contributed by atoms with E-state index in [9.17, 15) is 14.7 Å². The molecule has 1 atom stereocenters. The lowest BCUT2D eigenvalue weighted by Gasteiger charge is -2.41. The third kappa shape index (κ3) is 5.97. The number of aliphatic hydroxyl groups is 1. The standard InChI is InChI=1S/C27H31N7O5S/c1-16-21(8-17(9-29-16)31-23(36)13-33-11-18(14-35)39-27(2,3)15-33)32-24(37)20-10-30-34-12-22(40-26(20)34)19-6-5-7-28-25(19)38-4/h5-10,12,18,35H,11,13-15H2,1-4H3,(H,31,36)(H,32,37). The second-order valence-corrected chi connectivity index (χ2v) is 11.2. The number of nitrogens with one attached hydrogen (secondary N) is 2. The molecule has 210 valence electrons. The molecule has 0 bridgehead atoms. The number of carbonyl (C=O) groups excluding carboxylic acids is 2. The lowest BCUT2D eigenvalue weighted by molar-refractivity contribution is -0.151. The molecular weight excluding hydrogens is 534 g/mol. The first-order chi connectivity index (χ1) is 19.2. The summed E-state index contributed by atoms with van der Waals surface area (Å²) in [5, 5.41) is 19.6. The highest BCUT2D eigenvalue weighted by Crippen LogP contribution is 2.35. The third-order valence-electron chi connectivity index (χ3n) is 6.41. The lowest BCUT2D eigenvalue weighted by atomic mass is 10.1. The molecular formula is C27H31N7O5S. The van der Waals surface area contributed by atoms with Crippen LogP contribution in [-0.2, 0) is 9.53 Å². The number of carbonyl (C=O) groups is 2. The summed E-state index contributed by atoms with van der Waals surface area (Å²) >= 11 is 1.40. The fourth-order valence-corrected chi connectivity index (χ4v) is 5.84. The number of anilines is 2. The molecule has 0 saturated carbocycles. The summed E-state index contributed by atoms with van der Waals surface area (Å²) in [6.07, 6.45) is 6.21. The molecule has 1 fully saturated rings. The van der Waals surface area contributed by atoms with Crippen LogP contribution in [0, 0.1) is 6.92 Å². The van der Waals surface area contributed by atoms with Crippen molar-refractivity contribution in [3.8, 4) is 16.3 Å². The number of morpholine rings is 1. The maximum Gasteiger partial charge on any atom is 0.260 e. The van der Waals surface area contributed by atoms with Crippen molar-refractivity contribution in [3.05, 3.63) is 54.2 Å². The number of ether oxygens (including phenoxy) is 2. The van der Waals surface area contributed by atoms with E-state index < -0.39 is 5.60 Å². The van der Waals surface area contributed by atoms with Gasteiger partial charge in [0.05, 0.1) is 77.4 Å². The Labute approximate surface area is 235 Å². The first-order valence-electron chi connectivity index (χ1n) is 12.7. The molecule has 5 rings (SSSR count). The molecule has 0 aromatic carbocycles. The molecule has 4 aromatic heterocycles. The van der Waals surface area contributed by atoms with Crippen LogP contribution in [0.2, 0.25) is 0 Å². The molecule has 3 N–H and O–H groups in total. The van der Waals surface area contributed by atoms with Crippen molar-refractivity contribution < 1.29 is 24.2 Å². The molecule has 0 aliphatic carbocycles. The third-order valence-corrected chi connectivity index (χ3v) is 7.56. The molecule has 1 aliphatic heterocycles. The first-order valence-corrected chi connectivity index (χ1v) is 13.5. The molecule has 1 aliphatic rings. The van der Waals surface area contributed by atoms with E-state index in [0.29, 0.717) is 46.4 Å². The van der Waals surface area contributed by atoms with E-state index in [2.05, 4.69) is 25.7 Å². The molecule has 12 nitrogen and oxygen atoms in total. The average Bonchev–Trinajstić information content (AvgIpc) is 3.50. The fraction of sp³-hybridized carbons (Fsp3) is 0.370. The fourth-order valence-electron chi connectivity index (χ4n) is 4.76. The Morgan fingerprint density at radius 1 is 1.27 bits per heavy atom. The van der Waals surface area contributed by atoms with Gasteiger partial charge in [0.25, 0.3) is 5.91 Å². The van der Waals surface area contributed by atoms with Gasteiger partial charge in [-0.1, -0.05) is 0 Å². The van der Waals surface area contributed by atoms with Gasteiger partial charge in [0.15, 0.2) is 0 Å². The molecule has 13 heteroatoms. The predicted octanol–water partition coefficient (Wildman–Crippen LogP) is 2.83. The molecule has 1 unspecified atom stereocenters. The molecule has 4 aromatic rings. The minimum atomic E-state index is -0.471. The van der Waals surface area contributed by atoms with Crippen LogP contribution in [0.25, 0.3) is 15.3 Å². The average molecular weight is 566 g/mol. The Kier molecular flexibility index (Phi) is 7.81. The van der Waals surface area contributed by atoms with Gasteiger partial charge in [-0.15, -0.1) is 11.3 Å². The van der Waals surface area contributed by atoms with E-state index in [1.54, 1.807) is 37.0 Å². The quantitative estimate of drug-likeness (QED) is 0.294. The summed E-state index contributed by atoms with van der Waals surface area (Å²) < 4.78 is 12.8. The molecule has 0 radical (unpaired) electrons. The number of aromatic nitrogens is 4. The zero-order valence-electron chi connectivity index (χ0n) is 22.7. The zero-order valence-corrected chi connectivity index (χ0v) is 23.5. The Hall–Kier alpha value is -3.91. The van der Waals surface area contributed by atoms with Crippen LogP contribution in [0.15, 0.2) is 43.0 Å². The van der Waals surface area contributed by atoms with Gasteiger partial charge in [-0.05, 0) is 39.0 Å². The number of pyridine rings is 2. The summed E-state index contributed by atoms with van der Waals surface area (Å²) in [4.78, 5) is 38.2. The number of aliphatic hydroxyl groups excluding tert-OH is 1. The number of methoxy groups -OCH3 is 1. The van der Waals surface area contributed by atoms with Crippen LogP contribution in [0.4, 0.5) is 11.4 Å². The highest BCUT2D eigenvalue weighted by Gasteiger charge is 2.33. The second kappa shape index (κ2) is 11.3. The van der Waals surface area contributed by atoms with Gasteiger partial charge in [0.1, 0.15) is 4.83 Å². The van der Waals surface area contributed by atoms with Gasteiger partial charge >= 0.3 is 0 Å². The maximum atomic E-state index is 13.3. The van der Waals surface area contributed by atoms with Crippen molar-refractivity contribution in [1.82, 2.24) is 24.5 Å². The Balaban J connectivity index is 1.29. The van der Waals surface area contributed by atoms with E-state index in [-0.39, 0.29) is 31.1 Å².